The van der Waals surface area contributed by atoms with Crippen LogP contribution in [0, 0.1) is 15.9 Å². The Balaban J connectivity index is 2.64. The molecule has 94 valence electrons. The molecule has 4 nitrogen and oxygen atoms in total. The van der Waals surface area contributed by atoms with Crippen LogP contribution in [-0.4, -0.2) is 17.7 Å². The first kappa shape index (κ1) is 13.2. The maximum absolute atomic E-state index is 13.1. The van der Waals surface area contributed by atoms with Crippen LogP contribution in [0.1, 0.15) is 6.42 Å². The van der Waals surface area contributed by atoms with Gasteiger partial charge in [0, 0.05) is 6.07 Å². The number of halogens is 4. The number of alkyl halides is 3. The van der Waals surface area contributed by atoms with E-state index in [1.807, 2.05) is 0 Å². The predicted octanol–water partition coefficient (Wildman–Crippen LogP) is 3.07. The van der Waals surface area contributed by atoms with Crippen LogP contribution in [0.2, 0.25) is 0 Å². The second kappa shape index (κ2) is 4.98. The number of benzene rings is 1. The molecule has 0 radical (unpaired) electrons. The molecular weight excluding hydrogens is 246 g/mol. The number of hydrogen-bond acceptors (Lipinski definition) is 3. The van der Waals surface area contributed by atoms with E-state index in [-0.39, 0.29) is 0 Å². The molecule has 0 aliphatic carbocycles. The van der Waals surface area contributed by atoms with Gasteiger partial charge in [0.2, 0.25) is 0 Å². The van der Waals surface area contributed by atoms with E-state index in [0.717, 1.165) is 12.1 Å². The molecule has 8 heteroatoms. The molecule has 0 heterocycles. The zero-order valence-corrected chi connectivity index (χ0v) is 8.33. The number of ether oxygens (including phenoxy) is 1. The molecule has 1 aromatic carbocycles. The summed E-state index contributed by atoms with van der Waals surface area (Å²) in [4.78, 5) is 9.44. The van der Waals surface area contributed by atoms with Gasteiger partial charge in [-0.25, -0.2) is 4.39 Å². The second-order valence-corrected chi connectivity index (χ2v) is 3.09. The molecule has 0 bridgehead atoms. The van der Waals surface area contributed by atoms with Gasteiger partial charge in [-0.1, -0.05) is 0 Å². The van der Waals surface area contributed by atoms with Gasteiger partial charge in [-0.15, -0.1) is 0 Å². The van der Waals surface area contributed by atoms with Crippen molar-refractivity contribution in [3.8, 4) is 5.75 Å². The number of rotatable bonds is 4. The monoisotopic (exact) mass is 253 g/mol. The lowest BCUT2D eigenvalue weighted by Crippen LogP contribution is -2.13. The lowest BCUT2D eigenvalue weighted by Gasteiger charge is -2.08. The van der Waals surface area contributed by atoms with E-state index < -0.39 is 41.4 Å². The quantitative estimate of drug-likeness (QED) is 0.470. The Morgan fingerprint density at radius 1 is 1.35 bits per heavy atom. The molecule has 0 aromatic heterocycles. The van der Waals surface area contributed by atoms with Crippen molar-refractivity contribution in [2.45, 2.75) is 12.6 Å². The minimum Gasteiger partial charge on any atom is -0.490 e. The van der Waals surface area contributed by atoms with E-state index in [9.17, 15) is 27.7 Å². The molecule has 17 heavy (non-hydrogen) atoms. The lowest BCUT2D eigenvalue weighted by atomic mass is 10.3. The molecule has 0 atom stereocenters. The summed E-state index contributed by atoms with van der Waals surface area (Å²) in [5.74, 6) is -1.51. The van der Waals surface area contributed by atoms with Crippen molar-refractivity contribution in [3.05, 3.63) is 34.1 Å². The van der Waals surface area contributed by atoms with Crippen LogP contribution < -0.4 is 4.74 Å². The topological polar surface area (TPSA) is 52.4 Å². The van der Waals surface area contributed by atoms with E-state index in [0.29, 0.717) is 6.07 Å². The maximum atomic E-state index is 13.1. The fourth-order valence-electron chi connectivity index (χ4n) is 0.997. The molecule has 0 spiro atoms. The van der Waals surface area contributed by atoms with Crippen molar-refractivity contribution in [3.63, 3.8) is 0 Å². The van der Waals surface area contributed by atoms with Crippen molar-refractivity contribution in [2.24, 2.45) is 0 Å². The largest absolute Gasteiger partial charge is 0.490 e. The van der Waals surface area contributed by atoms with Gasteiger partial charge in [0.25, 0.3) is 5.69 Å². The summed E-state index contributed by atoms with van der Waals surface area (Å²) in [6, 6.07) is 2.46. The van der Waals surface area contributed by atoms with E-state index in [2.05, 4.69) is 4.74 Å². The van der Waals surface area contributed by atoms with E-state index in [1.54, 1.807) is 0 Å². The summed E-state index contributed by atoms with van der Waals surface area (Å²) in [5.41, 5.74) is -0.495. The SMILES string of the molecule is O=[N+]([O-])c1ccc(OCCC(F)(F)F)c(F)c1. The molecule has 0 saturated heterocycles. The average Bonchev–Trinajstić information content (AvgIpc) is 2.18. The Hall–Kier alpha value is -1.86. The van der Waals surface area contributed by atoms with Crippen molar-refractivity contribution >= 4 is 5.69 Å². The number of nitro groups is 1. The normalized spacial score (nSPS) is 11.3. The van der Waals surface area contributed by atoms with Crippen LogP contribution in [0.4, 0.5) is 23.2 Å². The molecule has 0 aliphatic heterocycles. The highest BCUT2D eigenvalue weighted by molar-refractivity contribution is 5.37. The van der Waals surface area contributed by atoms with Crippen LogP contribution in [0.5, 0.6) is 5.75 Å². The third kappa shape index (κ3) is 4.25. The predicted molar refractivity (Wildman–Crippen MR) is 49.2 cm³/mol. The van der Waals surface area contributed by atoms with Crippen LogP contribution in [-0.2, 0) is 0 Å². The van der Waals surface area contributed by atoms with Crippen molar-refractivity contribution in [1.82, 2.24) is 0 Å². The smallest absolute Gasteiger partial charge is 0.392 e. The molecule has 0 unspecified atom stereocenters. The minimum atomic E-state index is -4.39. The molecule has 0 fully saturated rings. The fourth-order valence-corrected chi connectivity index (χ4v) is 0.997. The summed E-state index contributed by atoms with van der Waals surface area (Å²) in [7, 11) is 0. The Morgan fingerprint density at radius 2 is 2.00 bits per heavy atom. The van der Waals surface area contributed by atoms with Crippen molar-refractivity contribution < 1.29 is 27.2 Å². The minimum absolute atomic E-state index is 0.445. The fraction of sp³-hybridized carbons (Fsp3) is 0.333. The van der Waals surface area contributed by atoms with E-state index in [4.69, 9.17) is 0 Å². The second-order valence-electron chi connectivity index (χ2n) is 3.09. The summed E-state index contributed by atoms with van der Waals surface area (Å²) < 4.78 is 52.9. The van der Waals surface area contributed by atoms with Gasteiger partial charge in [0.15, 0.2) is 11.6 Å². The third-order valence-corrected chi connectivity index (χ3v) is 1.77. The van der Waals surface area contributed by atoms with Gasteiger partial charge in [-0.05, 0) is 6.07 Å². The number of non-ortho nitro benzene ring substituents is 1. The molecule has 0 saturated carbocycles. The maximum Gasteiger partial charge on any atom is 0.392 e. The molecule has 0 amide bonds. The molecular formula is C9H7F4NO3. The summed E-state index contributed by atoms with van der Waals surface area (Å²) in [5, 5.41) is 10.3. The van der Waals surface area contributed by atoms with Crippen molar-refractivity contribution in [2.75, 3.05) is 6.61 Å². The van der Waals surface area contributed by atoms with E-state index >= 15 is 0 Å². The molecule has 0 aliphatic rings. The van der Waals surface area contributed by atoms with Crippen LogP contribution in [0.25, 0.3) is 0 Å². The first-order valence-corrected chi connectivity index (χ1v) is 4.43. The number of nitrogens with zero attached hydrogens (tertiary/aromatic N) is 1. The third-order valence-electron chi connectivity index (χ3n) is 1.77. The van der Waals surface area contributed by atoms with Crippen molar-refractivity contribution in [1.29, 1.82) is 0 Å². The van der Waals surface area contributed by atoms with Gasteiger partial charge >= 0.3 is 6.18 Å². The lowest BCUT2D eigenvalue weighted by molar-refractivity contribution is -0.385. The molecule has 1 aromatic rings. The Labute approximate surface area is 93.0 Å². The number of hydrogen-bond donors (Lipinski definition) is 0. The van der Waals surface area contributed by atoms with Gasteiger partial charge < -0.3 is 4.74 Å². The van der Waals surface area contributed by atoms with E-state index in [1.165, 1.54) is 0 Å². The number of nitro benzene ring substituents is 1. The Kier molecular flexibility index (Phi) is 3.87. The Morgan fingerprint density at radius 3 is 2.47 bits per heavy atom. The van der Waals surface area contributed by atoms with Gasteiger partial charge in [0.05, 0.1) is 24.0 Å². The van der Waals surface area contributed by atoms with Crippen LogP contribution in [0.3, 0.4) is 0 Å². The highest BCUT2D eigenvalue weighted by Crippen LogP contribution is 2.24. The highest BCUT2D eigenvalue weighted by atomic mass is 19.4. The van der Waals surface area contributed by atoms with Crippen LogP contribution >= 0.6 is 0 Å². The Bertz CT molecular complexity index is 419. The van der Waals surface area contributed by atoms with Crippen LogP contribution in [0.15, 0.2) is 18.2 Å². The summed E-state index contributed by atoms with van der Waals surface area (Å²) >= 11 is 0. The molecule has 1 rings (SSSR count). The zero-order chi connectivity index (χ0) is 13.1. The summed E-state index contributed by atoms with van der Waals surface area (Å²) in [6.45, 7) is -0.738. The van der Waals surface area contributed by atoms with Gasteiger partial charge in [-0.3, -0.25) is 10.1 Å². The van der Waals surface area contributed by atoms with Gasteiger partial charge in [0.1, 0.15) is 0 Å². The van der Waals surface area contributed by atoms with Gasteiger partial charge in [-0.2, -0.15) is 13.2 Å². The highest BCUT2D eigenvalue weighted by Gasteiger charge is 2.27. The zero-order valence-electron chi connectivity index (χ0n) is 8.33. The molecule has 0 N–H and O–H groups in total. The first-order chi connectivity index (χ1) is 7.79. The summed E-state index contributed by atoms with van der Waals surface area (Å²) in [6.07, 6.45) is -5.61. The standard InChI is InChI=1S/C9H7F4NO3/c10-7-5-6(14(15)16)1-2-8(7)17-4-3-9(11,12)13/h1-2,5H,3-4H2. The first-order valence-electron chi connectivity index (χ1n) is 4.43. The average molecular weight is 253 g/mol.